The Kier molecular flexibility index (Phi) is 6.23. The highest BCUT2D eigenvalue weighted by Gasteiger charge is 2.12. The van der Waals surface area contributed by atoms with E-state index in [1.807, 2.05) is 0 Å². The van der Waals surface area contributed by atoms with Gasteiger partial charge in [-0.1, -0.05) is 19.3 Å². The molecule has 0 radical (unpaired) electrons. The minimum atomic E-state index is -0.0144. The Bertz CT molecular complexity index is 200. The number of urea groups is 1. The van der Waals surface area contributed by atoms with Crippen molar-refractivity contribution >= 4 is 6.03 Å². The van der Waals surface area contributed by atoms with E-state index < -0.39 is 0 Å². The van der Waals surface area contributed by atoms with E-state index in [9.17, 15) is 4.79 Å². The number of carbonyl (C=O) groups is 1. The van der Waals surface area contributed by atoms with Crippen LogP contribution in [0.2, 0.25) is 0 Å². The van der Waals surface area contributed by atoms with Crippen LogP contribution in [0.4, 0.5) is 4.79 Å². The Hall–Kier alpha value is -0.770. The first-order valence-electron chi connectivity index (χ1n) is 6.36. The van der Waals surface area contributed by atoms with Gasteiger partial charge in [0.2, 0.25) is 0 Å². The van der Waals surface area contributed by atoms with Crippen LogP contribution in [-0.2, 0) is 0 Å². The monoisotopic (exact) mass is 227 g/mol. The molecule has 0 heterocycles. The molecule has 0 aromatic carbocycles. The molecule has 2 N–H and O–H groups in total. The average Bonchev–Trinajstić information content (AvgIpc) is 2.29. The van der Waals surface area contributed by atoms with Crippen LogP contribution < -0.4 is 10.6 Å². The van der Waals surface area contributed by atoms with Gasteiger partial charge in [0.15, 0.2) is 0 Å². The number of amides is 2. The quantitative estimate of drug-likeness (QED) is 0.698. The van der Waals surface area contributed by atoms with E-state index in [4.69, 9.17) is 0 Å². The van der Waals surface area contributed by atoms with Gasteiger partial charge in [-0.3, -0.25) is 0 Å². The van der Waals surface area contributed by atoms with Crippen LogP contribution in [-0.4, -0.2) is 44.7 Å². The molecule has 0 unspecified atom stereocenters. The number of nitrogens with one attached hydrogen (secondary N) is 2. The minimum Gasteiger partial charge on any atom is -0.337 e. The topological polar surface area (TPSA) is 44.4 Å². The van der Waals surface area contributed by atoms with Gasteiger partial charge in [-0.2, -0.15) is 0 Å². The Labute approximate surface area is 98.8 Å². The molecule has 94 valence electrons. The van der Waals surface area contributed by atoms with Crippen molar-refractivity contribution in [1.29, 1.82) is 0 Å². The maximum absolute atomic E-state index is 11.2. The normalized spacial score (nSPS) is 17.1. The lowest BCUT2D eigenvalue weighted by molar-refractivity contribution is 0.217. The Balaban J connectivity index is 1.93. The molecule has 4 heteroatoms. The maximum Gasteiger partial charge on any atom is 0.316 e. The van der Waals surface area contributed by atoms with E-state index in [1.54, 1.807) is 19.0 Å². The lowest BCUT2D eigenvalue weighted by Crippen LogP contribution is -2.39. The second-order valence-corrected chi connectivity index (χ2v) is 4.83. The van der Waals surface area contributed by atoms with E-state index in [1.165, 1.54) is 32.1 Å². The summed E-state index contributed by atoms with van der Waals surface area (Å²) >= 11 is 0. The molecule has 0 aromatic rings. The fourth-order valence-corrected chi connectivity index (χ4v) is 2.11. The van der Waals surface area contributed by atoms with Gasteiger partial charge in [-0.05, 0) is 25.3 Å². The molecule has 0 aliphatic heterocycles. The van der Waals surface area contributed by atoms with Crippen LogP contribution in [0.5, 0.6) is 0 Å². The third kappa shape index (κ3) is 5.35. The smallest absolute Gasteiger partial charge is 0.316 e. The molecule has 4 nitrogen and oxygen atoms in total. The second-order valence-electron chi connectivity index (χ2n) is 4.83. The fourth-order valence-electron chi connectivity index (χ4n) is 2.11. The molecule has 1 aliphatic carbocycles. The Morgan fingerprint density at radius 3 is 2.50 bits per heavy atom. The van der Waals surface area contributed by atoms with Crippen molar-refractivity contribution in [3.05, 3.63) is 0 Å². The highest BCUT2D eigenvalue weighted by Crippen LogP contribution is 2.22. The first-order chi connectivity index (χ1) is 7.70. The highest BCUT2D eigenvalue weighted by atomic mass is 16.2. The van der Waals surface area contributed by atoms with Crippen molar-refractivity contribution in [3.8, 4) is 0 Å². The first-order valence-corrected chi connectivity index (χ1v) is 6.36. The van der Waals surface area contributed by atoms with Crippen LogP contribution in [0.1, 0.15) is 32.1 Å². The standard InChI is InChI=1S/C12H25N3O/c1-15(2)12(16)14-9-8-13-10-11-6-4-3-5-7-11/h11,13H,3-10H2,1-2H3,(H,14,16). The molecule has 0 aromatic heterocycles. The van der Waals surface area contributed by atoms with Crippen LogP contribution in [0.15, 0.2) is 0 Å². The van der Waals surface area contributed by atoms with Gasteiger partial charge in [0.05, 0.1) is 0 Å². The Morgan fingerprint density at radius 1 is 1.19 bits per heavy atom. The van der Waals surface area contributed by atoms with Gasteiger partial charge >= 0.3 is 6.03 Å². The second kappa shape index (κ2) is 7.49. The SMILES string of the molecule is CN(C)C(=O)NCCNCC1CCCCC1. The zero-order valence-electron chi connectivity index (χ0n) is 10.6. The number of carbonyl (C=O) groups excluding carboxylic acids is 1. The van der Waals surface area contributed by atoms with E-state index in [2.05, 4.69) is 10.6 Å². The summed E-state index contributed by atoms with van der Waals surface area (Å²) in [4.78, 5) is 12.8. The van der Waals surface area contributed by atoms with Crippen molar-refractivity contribution in [3.63, 3.8) is 0 Å². The summed E-state index contributed by atoms with van der Waals surface area (Å²) in [5.74, 6) is 0.860. The Morgan fingerprint density at radius 2 is 1.88 bits per heavy atom. The molecule has 1 fully saturated rings. The van der Waals surface area contributed by atoms with Crippen molar-refractivity contribution in [2.75, 3.05) is 33.7 Å². The van der Waals surface area contributed by atoms with Crippen molar-refractivity contribution in [2.24, 2.45) is 5.92 Å². The molecule has 1 saturated carbocycles. The summed E-state index contributed by atoms with van der Waals surface area (Å²) in [6, 6.07) is -0.0144. The molecule has 0 spiro atoms. The van der Waals surface area contributed by atoms with E-state index in [-0.39, 0.29) is 6.03 Å². The van der Waals surface area contributed by atoms with Gasteiger partial charge in [-0.25, -0.2) is 4.79 Å². The van der Waals surface area contributed by atoms with Crippen molar-refractivity contribution in [1.82, 2.24) is 15.5 Å². The highest BCUT2D eigenvalue weighted by molar-refractivity contribution is 5.73. The first kappa shape index (κ1) is 13.3. The maximum atomic E-state index is 11.2. The molecule has 0 atom stereocenters. The van der Waals surface area contributed by atoms with Crippen molar-refractivity contribution < 1.29 is 4.79 Å². The summed E-state index contributed by atoms with van der Waals surface area (Å²) in [7, 11) is 3.51. The van der Waals surface area contributed by atoms with E-state index in [0.717, 1.165) is 19.0 Å². The summed E-state index contributed by atoms with van der Waals surface area (Å²) in [5, 5.41) is 6.26. The van der Waals surface area contributed by atoms with Crippen LogP contribution in [0.3, 0.4) is 0 Å². The molecule has 16 heavy (non-hydrogen) atoms. The van der Waals surface area contributed by atoms with Crippen LogP contribution in [0.25, 0.3) is 0 Å². The summed E-state index contributed by atoms with van der Waals surface area (Å²) in [6.07, 6.45) is 6.94. The van der Waals surface area contributed by atoms with Gasteiger partial charge in [0, 0.05) is 27.2 Å². The lowest BCUT2D eigenvalue weighted by atomic mass is 9.89. The molecular weight excluding hydrogens is 202 g/mol. The number of nitrogens with zero attached hydrogens (tertiary/aromatic N) is 1. The minimum absolute atomic E-state index is 0.0144. The van der Waals surface area contributed by atoms with Crippen LogP contribution in [0, 0.1) is 5.92 Å². The zero-order chi connectivity index (χ0) is 11.8. The summed E-state index contributed by atoms with van der Waals surface area (Å²) in [6.45, 7) is 2.69. The van der Waals surface area contributed by atoms with Crippen LogP contribution >= 0.6 is 0 Å². The predicted octanol–water partition coefficient (Wildman–Crippen LogP) is 1.43. The fraction of sp³-hybridized carbons (Fsp3) is 0.917. The average molecular weight is 227 g/mol. The third-order valence-electron chi connectivity index (χ3n) is 3.14. The molecule has 0 bridgehead atoms. The molecule has 0 saturated heterocycles. The zero-order valence-corrected chi connectivity index (χ0v) is 10.6. The van der Waals surface area contributed by atoms with Gasteiger partial charge < -0.3 is 15.5 Å². The molecule has 2 amide bonds. The molecular formula is C12H25N3O. The van der Waals surface area contributed by atoms with Gasteiger partial charge in [-0.15, -0.1) is 0 Å². The molecule has 1 aliphatic rings. The van der Waals surface area contributed by atoms with E-state index in [0.29, 0.717) is 6.54 Å². The predicted molar refractivity (Wildman–Crippen MR) is 66.5 cm³/mol. The van der Waals surface area contributed by atoms with E-state index >= 15 is 0 Å². The third-order valence-corrected chi connectivity index (χ3v) is 3.14. The van der Waals surface area contributed by atoms with Crippen molar-refractivity contribution in [2.45, 2.75) is 32.1 Å². The number of hydrogen-bond donors (Lipinski definition) is 2. The largest absolute Gasteiger partial charge is 0.337 e. The number of hydrogen-bond acceptors (Lipinski definition) is 2. The molecule has 1 rings (SSSR count). The van der Waals surface area contributed by atoms with Gasteiger partial charge in [0.1, 0.15) is 0 Å². The number of rotatable bonds is 5. The summed E-state index contributed by atoms with van der Waals surface area (Å²) in [5.41, 5.74) is 0. The lowest BCUT2D eigenvalue weighted by Gasteiger charge is -2.21. The van der Waals surface area contributed by atoms with Gasteiger partial charge in [0.25, 0.3) is 0 Å². The summed E-state index contributed by atoms with van der Waals surface area (Å²) < 4.78 is 0.